The number of rotatable bonds is 15. The number of benzene rings is 3. The Bertz CT molecular complexity index is 2010. The van der Waals surface area contributed by atoms with Crippen molar-refractivity contribution in [2.45, 2.75) is 0 Å². The van der Waals surface area contributed by atoms with Gasteiger partial charge in [0.2, 0.25) is 0 Å². The van der Waals surface area contributed by atoms with Gasteiger partial charge in [-0.2, -0.15) is 0 Å². The Hall–Kier alpha value is -0.219. The van der Waals surface area contributed by atoms with Crippen LogP contribution >= 0.6 is 0 Å². The van der Waals surface area contributed by atoms with Gasteiger partial charge in [-0.25, -0.2) is 4.99 Å². The predicted molar refractivity (Wildman–Crippen MR) is 174 cm³/mol. The van der Waals surface area contributed by atoms with Crippen molar-refractivity contribution in [3.05, 3.63) is 114 Å². The number of halogens is 2. The van der Waals surface area contributed by atoms with Gasteiger partial charge in [-0.15, -0.1) is 0 Å². The normalized spacial score (nSPS) is 12.3. The molecule has 0 aliphatic carbocycles. The van der Waals surface area contributed by atoms with Crippen LogP contribution in [0.1, 0.15) is 16.8 Å². The number of nitrogens with zero attached hydrogens (tertiary/aromatic N) is 3. The molecule has 2 heterocycles. The van der Waals surface area contributed by atoms with Crippen LogP contribution in [0.5, 0.6) is 17.2 Å². The zero-order valence-corrected chi connectivity index (χ0v) is 48.5. The molecule has 0 fully saturated rings. The van der Waals surface area contributed by atoms with E-state index < -0.39 is 45.0 Å². The van der Waals surface area contributed by atoms with Crippen LogP contribution in [-0.2, 0) is 14.4 Å². The number of methoxy groups -OCH3 is 2. The van der Waals surface area contributed by atoms with Crippen LogP contribution in [0.3, 0.4) is 0 Å². The average molecular weight is 1080 g/mol. The van der Waals surface area contributed by atoms with Crippen LogP contribution in [0.15, 0.2) is 102 Å². The molecule has 18 heteroatoms. The van der Waals surface area contributed by atoms with Gasteiger partial charge in [0.05, 0.1) is 62.3 Å². The van der Waals surface area contributed by atoms with Gasteiger partial charge in [-0.05, 0) is 96.1 Å². The Morgan fingerprint density at radius 1 is 0.755 bits per heavy atom. The summed E-state index contributed by atoms with van der Waals surface area (Å²) in [5.74, 6) is -4.04. The number of hydrogen-bond donors (Lipinski definition) is 0. The summed E-state index contributed by atoms with van der Waals surface area (Å²) in [6, 6.07) is 20.5. The first-order chi connectivity index (χ1) is 24.0. The Balaban J connectivity index is 0.00000324. The number of anilines is 1. The van der Waals surface area contributed by atoms with Crippen molar-refractivity contribution in [3.8, 4) is 28.5 Å². The molecular formula is C35H27BCs3F2N3O9. The summed E-state index contributed by atoms with van der Waals surface area (Å²) in [6.45, 7) is -2.83. The van der Waals surface area contributed by atoms with E-state index in [1.165, 1.54) is 44.6 Å². The van der Waals surface area contributed by atoms with Gasteiger partial charge < -0.3 is 53.3 Å². The third kappa shape index (κ3) is 12.9. The van der Waals surface area contributed by atoms with Crippen molar-refractivity contribution < 1.29 is 259 Å². The molecule has 5 rings (SSSR count). The van der Waals surface area contributed by atoms with Crippen molar-refractivity contribution in [1.29, 1.82) is 0 Å². The molecule has 256 valence electrons. The third-order valence-electron chi connectivity index (χ3n) is 7.61. The van der Waals surface area contributed by atoms with Crippen LogP contribution in [0.25, 0.3) is 16.8 Å². The first-order valence-corrected chi connectivity index (χ1v) is 14.9. The molecule has 0 bridgehead atoms. The van der Waals surface area contributed by atoms with E-state index in [-0.39, 0.29) is 246 Å². The summed E-state index contributed by atoms with van der Waals surface area (Å²) in [7, 11) is -0.0339. The molecule has 0 amide bonds. The van der Waals surface area contributed by atoms with Gasteiger partial charge in [-0.1, -0.05) is 6.07 Å². The molecule has 0 spiro atoms. The minimum absolute atomic E-state index is 0. The standard InChI is InChI=1S/C35H30BF2N3O9.3Cs/c1-48-24-8-3-21(4-9-24)26-12-13-27(39-26)35(30-16-15-28(41(30)36(37)38)22-5-10-25(49-2)11-6-22)23-7-14-29(31(17-23)50-20-34(46)47)40(18-32(42)43)19-33(44)45;;;/h3-17H,18-20H2,1-2H3,(H,42,43)(H,44,45)(H,46,47);;;/q;3*+1/p-3/b35-27-;;;. The van der Waals surface area contributed by atoms with Crippen molar-refractivity contribution in [2.24, 2.45) is 4.99 Å². The summed E-state index contributed by atoms with van der Waals surface area (Å²) < 4.78 is 46.8. The number of ether oxygens (including phenoxy) is 3. The zero-order valence-electron chi connectivity index (χ0n) is 29.6. The van der Waals surface area contributed by atoms with E-state index in [0.717, 1.165) is 9.38 Å². The average Bonchev–Trinajstić information content (AvgIpc) is 3.76. The molecule has 0 saturated carbocycles. The summed E-state index contributed by atoms with van der Waals surface area (Å²) in [5.41, 5.74) is 2.32. The Labute approximate surface area is 480 Å². The molecule has 0 unspecified atom stereocenters. The van der Waals surface area contributed by atoms with E-state index >= 15 is 8.63 Å². The molecule has 1 aliphatic rings. The summed E-state index contributed by atoms with van der Waals surface area (Å²) in [6.07, 6.45) is 3.32. The second kappa shape index (κ2) is 23.3. The van der Waals surface area contributed by atoms with Crippen LogP contribution in [0.2, 0.25) is 0 Å². The molecule has 0 N–H and O–H groups in total. The maximum atomic E-state index is 15.1. The Morgan fingerprint density at radius 2 is 1.32 bits per heavy atom. The van der Waals surface area contributed by atoms with Crippen molar-refractivity contribution in [3.63, 3.8) is 0 Å². The number of aliphatic imine (C=N–C) groups is 1. The van der Waals surface area contributed by atoms with E-state index in [9.17, 15) is 29.7 Å². The van der Waals surface area contributed by atoms with E-state index in [4.69, 9.17) is 19.2 Å². The van der Waals surface area contributed by atoms with Crippen molar-refractivity contribution >= 4 is 42.3 Å². The summed E-state index contributed by atoms with van der Waals surface area (Å²) >= 11 is 0. The van der Waals surface area contributed by atoms with Gasteiger partial charge in [0.25, 0.3) is 0 Å². The number of carbonyl (C=O) groups is 3. The Morgan fingerprint density at radius 3 is 1.83 bits per heavy atom. The SMILES string of the molecule is COc1ccc(C2=N/C(=C(/c3ccc(N(CC(=O)[O-])CC(=O)[O-])c(OCC(=O)[O-])c3)c3ccc(-c4ccc(OC)cc4)n3B(F)F)C=C2)cc1.[Cs+].[Cs+].[Cs+]. The molecule has 0 radical (unpaired) electrons. The smallest absolute Gasteiger partial charge is 0.548 e. The molecule has 1 aliphatic heterocycles. The maximum absolute atomic E-state index is 15.1. The number of carboxylic acids is 3. The number of aliphatic carboxylic acids is 3. The fourth-order valence-corrected chi connectivity index (χ4v) is 5.43. The fraction of sp³-hybridized carbons (Fsp3) is 0.143. The quantitative estimate of drug-likeness (QED) is 0.104. The molecule has 0 atom stereocenters. The van der Waals surface area contributed by atoms with Gasteiger partial charge >= 0.3 is 214 Å². The van der Waals surface area contributed by atoms with Crippen LogP contribution in [-0.4, -0.2) is 69.4 Å². The number of hydrogen-bond acceptors (Lipinski definition) is 11. The number of allylic oxidation sites excluding steroid dienone is 2. The number of carbonyl (C=O) groups excluding carboxylic acids is 3. The van der Waals surface area contributed by atoms with Crippen LogP contribution in [0, 0.1) is 0 Å². The minimum atomic E-state index is -3.04. The summed E-state index contributed by atoms with van der Waals surface area (Å²) in [4.78, 5) is 39.9. The van der Waals surface area contributed by atoms with Crippen LogP contribution < -0.4 is 241 Å². The molecular weight excluding hydrogens is 1050 g/mol. The number of carboxylic acid groups (broad SMARTS) is 3. The van der Waals surface area contributed by atoms with E-state index in [0.29, 0.717) is 28.3 Å². The van der Waals surface area contributed by atoms with Crippen molar-refractivity contribution in [1.82, 2.24) is 4.48 Å². The summed E-state index contributed by atoms with van der Waals surface area (Å²) in [5, 5.41) is 34.3. The first-order valence-electron chi connectivity index (χ1n) is 14.9. The molecule has 12 nitrogen and oxygen atoms in total. The molecule has 0 saturated heterocycles. The molecule has 53 heavy (non-hydrogen) atoms. The Kier molecular flexibility index (Phi) is 21.5. The number of aromatic nitrogens is 1. The van der Waals surface area contributed by atoms with E-state index in [1.807, 2.05) is 0 Å². The maximum Gasteiger partial charge on any atom is 1.00 e. The van der Waals surface area contributed by atoms with Gasteiger partial charge in [-0.3, -0.25) is 8.63 Å². The van der Waals surface area contributed by atoms with Gasteiger partial charge in [0, 0.05) is 22.5 Å². The second-order valence-electron chi connectivity index (χ2n) is 10.7. The van der Waals surface area contributed by atoms with Crippen LogP contribution in [0.4, 0.5) is 14.3 Å². The van der Waals surface area contributed by atoms with Gasteiger partial charge in [0.1, 0.15) is 23.9 Å². The largest absolute Gasteiger partial charge is 1.00 e. The minimum Gasteiger partial charge on any atom is -0.548 e. The first kappa shape index (κ1) is 48.9. The van der Waals surface area contributed by atoms with Gasteiger partial charge in [0.15, 0.2) is 0 Å². The van der Waals surface area contributed by atoms with E-state index in [1.54, 1.807) is 60.7 Å². The third-order valence-corrected chi connectivity index (χ3v) is 7.61. The van der Waals surface area contributed by atoms with E-state index in [2.05, 4.69) is 0 Å². The van der Waals surface area contributed by atoms with Crippen molar-refractivity contribution in [2.75, 3.05) is 38.8 Å². The fourth-order valence-electron chi connectivity index (χ4n) is 5.43. The zero-order chi connectivity index (χ0) is 35.9. The topological polar surface area (TPSA) is 169 Å². The second-order valence-corrected chi connectivity index (χ2v) is 10.7. The molecule has 3 aromatic carbocycles. The molecule has 4 aromatic rings. The predicted octanol–water partition coefficient (Wildman–Crippen LogP) is -7.79. The monoisotopic (exact) mass is 1080 g/mol. The molecule has 1 aromatic heterocycles.